The van der Waals surface area contributed by atoms with E-state index in [1.807, 2.05) is 6.20 Å². The molecule has 2 rings (SSSR count). The second kappa shape index (κ2) is 5.06. The van der Waals surface area contributed by atoms with Crippen LogP contribution in [0.5, 0.6) is 5.75 Å². The summed E-state index contributed by atoms with van der Waals surface area (Å²) in [4.78, 5) is 7.57. The summed E-state index contributed by atoms with van der Waals surface area (Å²) in [6, 6.07) is 2.14. The van der Waals surface area contributed by atoms with Crippen molar-refractivity contribution in [3.63, 3.8) is 0 Å². The third kappa shape index (κ3) is 2.12. The number of methoxy groups -OCH3 is 1. The lowest BCUT2D eigenvalue weighted by Crippen LogP contribution is -1.96. The van der Waals surface area contributed by atoms with Gasteiger partial charge in [-0.1, -0.05) is 0 Å². The number of aromatic nitrogens is 2. The Morgan fingerprint density at radius 3 is 2.56 bits per heavy atom. The van der Waals surface area contributed by atoms with Crippen molar-refractivity contribution in [1.29, 1.82) is 0 Å². The molecule has 18 heavy (non-hydrogen) atoms. The lowest BCUT2D eigenvalue weighted by Gasteiger charge is -2.14. The lowest BCUT2D eigenvalue weighted by atomic mass is 9.97. The van der Waals surface area contributed by atoms with Gasteiger partial charge < -0.3 is 9.72 Å². The molecule has 1 N–H and O–H groups in total. The fourth-order valence-corrected chi connectivity index (χ4v) is 2.39. The van der Waals surface area contributed by atoms with E-state index in [1.165, 1.54) is 16.7 Å². The van der Waals surface area contributed by atoms with Crippen LogP contribution in [0.4, 0.5) is 0 Å². The highest BCUT2D eigenvalue weighted by Gasteiger charge is 2.13. The van der Waals surface area contributed by atoms with Crippen molar-refractivity contribution in [2.24, 2.45) is 0 Å². The number of imidazole rings is 1. The minimum Gasteiger partial charge on any atom is -0.496 e. The maximum absolute atomic E-state index is 5.44. The molecule has 0 aliphatic heterocycles. The Hall–Kier alpha value is -1.42. The van der Waals surface area contributed by atoms with Crippen LogP contribution < -0.4 is 4.74 Å². The standard InChI is InChI=1S/C14H18N2OS/c1-8-5-11(9(2)10(3)14(8)17-4)12-6-15-13(7-18)16-12/h5-6,18H,7H2,1-4H3,(H,15,16). The zero-order valence-electron chi connectivity index (χ0n) is 11.2. The van der Waals surface area contributed by atoms with Gasteiger partial charge in [0.25, 0.3) is 0 Å². The number of ether oxygens (including phenoxy) is 1. The Balaban J connectivity index is 2.58. The first kappa shape index (κ1) is 13.0. The monoisotopic (exact) mass is 262 g/mol. The van der Waals surface area contributed by atoms with E-state index < -0.39 is 0 Å². The minimum absolute atomic E-state index is 0.618. The summed E-state index contributed by atoms with van der Waals surface area (Å²) in [7, 11) is 1.71. The SMILES string of the molecule is COc1c(C)cc(-c2cnc(CS)[nH]2)c(C)c1C. The van der Waals surface area contributed by atoms with Crippen molar-refractivity contribution in [2.75, 3.05) is 7.11 Å². The largest absolute Gasteiger partial charge is 0.496 e. The molecule has 1 aromatic heterocycles. The van der Waals surface area contributed by atoms with Gasteiger partial charge in [-0.2, -0.15) is 12.6 Å². The summed E-state index contributed by atoms with van der Waals surface area (Å²) in [6.45, 7) is 6.25. The molecular formula is C14H18N2OS. The Morgan fingerprint density at radius 1 is 1.28 bits per heavy atom. The third-order valence-corrected chi connectivity index (χ3v) is 3.60. The number of nitrogens with zero attached hydrogens (tertiary/aromatic N) is 1. The molecular weight excluding hydrogens is 244 g/mol. The van der Waals surface area contributed by atoms with Crippen LogP contribution in [0.3, 0.4) is 0 Å². The van der Waals surface area contributed by atoms with Crippen LogP contribution in [0.25, 0.3) is 11.3 Å². The van der Waals surface area contributed by atoms with E-state index in [2.05, 4.69) is 49.4 Å². The molecule has 0 spiro atoms. The summed E-state index contributed by atoms with van der Waals surface area (Å²) in [5.74, 6) is 2.47. The number of hydrogen-bond donors (Lipinski definition) is 2. The maximum Gasteiger partial charge on any atom is 0.124 e. The molecule has 1 heterocycles. The van der Waals surface area contributed by atoms with Crippen LogP contribution in [0.15, 0.2) is 12.3 Å². The van der Waals surface area contributed by atoms with E-state index >= 15 is 0 Å². The summed E-state index contributed by atoms with van der Waals surface area (Å²) in [6.07, 6.45) is 1.86. The van der Waals surface area contributed by atoms with Crippen molar-refractivity contribution in [3.05, 3.63) is 34.8 Å². The van der Waals surface area contributed by atoms with Crippen LogP contribution in [0.2, 0.25) is 0 Å². The van der Waals surface area contributed by atoms with Gasteiger partial charge in [0, 0.05) is 11.3 Å². The zero-order valence-corrected chi connectivity index (χ0v) is 12.1. The number of H-pyrrole nitrogens is 1. The topological polar surface area (TPSA) is 37.9 Å². The van der Waals surface area contributed by atoms with Gasteiger partial charge in [-0.05, 0) is 43.5 Å². The summed E-state index contributed by atoms with van der Waals surface area (Å²) < 4.78 is 5.44. The summed E-state index contributed by atoms with van der Waals surface area (Å²) in [5.41, 5.74) is 5.73. The molecule has 0 aliphatic rings. The van der Waals surface area contributed by atoms with E-state index in [0.717, 1.165) is 22.8 Å². The third-order valence-electron chi connectivity index (χ3n) is 3.30. The maximum atomic E-state index is 5.44. The second-order valence-corrected chi connectivity index (χ2v) is 4.74. The Bertz CT molecular complexity index is 575. The van der Waals surface area contributed by atoms with Crippen molar-refractivity contribution in [1.82, 2.24) is 9.97 Å². The molecule has 0 unspecified atom stereocenters. The van der Waals surface area contributed by atoms with E-state index in [4.69, 9.17) is 4.74 Å². The van der Waals surface area contributed by atoms with Crippen LogP contribution in [0, 0.1) is 20.8 Å². The molecule has 0 bridgehead atoms. The van der Waals surface area contributed by atoms with Crippen LogP contribution in [0.1, 0.15) is 22.5 Å². The number of aryl methyl sites for hydroxylation is 1. The summed E-state index contributed by atoms with van der Waals surface area (Å²) in [5, 5.41) is 0. The molecule has 3 nitrogen and oxygen atoms in total. The molecule has 0 fully saturated rings. The van der Waals surface area contributed by atoms with Gasteiger partial charge in [0.2, 0.25) is 0 Å². The highest BCUT2D eigenvalue weighted by atomic mass is 32.1. The van der Waals surface area contributed by atoms with E-state index in [-0.39, 0.29) is 0 Å². The zero-order chi connectivity index (χ0) is 13.3. The van der Waals surface area contributed by atoms with Gasteiger partial charge >= 0.3 is 0 Å². The highest BCUT2D eigenvalue weighted by Crippen LogP contribution is 2.33. The van der Waals surface area contributed by atoms with Crippen LogP contribution in [-0.4, -0.2) is 17.1 Å². The normalized spacial score (nSPS) is 10.7. The van der Waals surface area contributed by atoms with E-state index in [0.29, 0.717) is 5.75 Å². The molecule has 0 amide bonds. The number of hydrogen-bond acceptors (Lipinski definition) is 3. The Labute approximate surface area is 113 Å². The van der Waals surface area contributed by atoms with Gasteiger partial charge in [-0.3, -0.25) is 0 Å². The van der Waals surface area contributed by atoms with Gasteiger partial charge in [-0.15, -0.1) is 0 Å². The predicted octanol–water partition coefficient (Wildman–Crippen LogP) is 3.44. The van der Waals surface area contributed by atoms with Crippen molar-refractivity contribution in [3.8, 4) is 17.0 Å². The first-order chi connectivity index (χ1) is 8.58. The van der Waals surface area contributed by atoms with E-state index in [9.17, 15) is 0 Å². The Morgan fingerprint density at radius 2 is 2.00 bits per heavy atom. The fourth-order valence-electron chi connectivity index (χ4n) is 2.23. The predicted molar refractivity (Wildman–Crippen MR) is 77.5 cm³/mol. The van der Waals surface area contributed by atoms with Gasteiger partial charge in [0.05, 0.1) is 19.0 Å². The van der Waals surface area contributed by atoms with Gasteiger partial charge in [0.15, 0.2) is 0 Å². The van der Waals surface area contributed by atoms with Crippen molar-refractivity contribution in [2.45, 2.75) is 26.5 Å². The van der Waals surface area contributed by atoms with Crippen LogP contribution >= 0.6 is 12.6 Å². The van der Waals surface area contributed by atoms with Crippen molar-refractivity contribution < 1.29 is 4.74 Å². The van der Waals surface area contributed by atoms with Crippen molar-refractivity contribution >= 4 is 12.6 Å². The molecule has 2 aromatic rings. The first-order valence-electron chi connectivity index (χ1n) is 5.88. The molecule has 0 radical (unpaired) electrons. The lowest BCUT2D eigenvalue weighted by molar-refractivity contribution is 0.408. The molecule has 96 valence electrons. The number of nitrogens with one attached hydrogen (secondary N) is 1. The first-order valence-corrected chi connectivity index (χ1v) is 6.51. The number of rotatable bonds is 3. The number of thiol groups is 1. The smallest absolute Gasteiger partial charge is 0.124 e. The highest BCUT2D eigenvalue weighted by molar-refractivity contribution is 7.79. The number of aromatic amines is 1. The molecule has 1 aromatic carbocycles. The van der Waals surface area contributed by atoms with E-state index in [1.54, 1.807) is 7.11 Å². The molecule has 0 saturated carbocycles. The quantitative estimate of drug-likeness (QED) is 0.832. The molecule has 0 saturated heterocycles. The average Bonchev–Trinajstić information content (AvgIpc) is 2.83. The molecule has 0 aliphatic carbocycles. The van der Waals surface area contributed by atoms with Crippen LogP contribution in [-0.2, 0) is 5.75 Å². The average molecular weight is 262 g/mol. The minimum atomic E-state index is 0.618. The second-order valence-electron chi connectivity index (χ2n) is 4.43. The molecule has 4 heteroatoms. The van der Waals surface area contributed by atoms with Gasteiger partial charge in [0.1, 0.15) is 11.6 Å². The van der Waals surface area contributed by atoms with Gasteiger partial charge in [-0.25, -0.2) is 4.98 Å². The molecule has 0 atom stereocenters. The Kier molecular flexibility index (Phi) is 3.66. The summed E-state index contributed by atoms with van der Waals surface area (Å²) >= 11 is 4.22. The fraction of sp³-hybridized carbons (Fsp3) is 0.357. The number of benzene rings is 1.